The molecule has 5 rings (SSSR count). The average molecular weight is 518 g/mol. The van der Waals surface area contributed by atoms with Crippen LogP contribution in [-0.4, -0.2) is 17.1 Å². The van der Waals surface area contributed by atoms with Crippen LogP contribution < -0.4 is 9.13 Å². The molecule has 0 atom stereocenters. The van der Waals surface area contributed by atoms with E-state index in [9.17, 15) is 4.79 Å². The van der Waals surface area contributed by atoms with Crippen LogP contribution in [0.5, 0.6) is 0 Å². The summed E-state index contributed by atoms with van der Waals surface area (Å²) < 4.78 is 11.5. The maximum atomic E-state index is 12.0. The lowest BCUT2D eigenvalue weighted by Gasteiger charge is -2.08. The van der Waals surface area contributed by atoms with Crippen LogP contribution in [0.4, 0.5) is 0 Å². The van der Waals surface area contributed by atoms with Gasteiger partial charge in [-0.05, 0) is 59.9 Å². The van der Waals surface area contributed by atoms with E-state index in [2.05, 4.69) is 114 Å². The number of fused-ring (bicyclic) bond motifs is 3. The highest BCUT2D eigenvalue weighted by Gasteiger charge is 2.12. The van der Waals surface area contributed by atoms with E-state index in [1.54, 1.807) is 0 Å². The lowest BCUT2D eigenvalue weighted by atomic mass is 10.1. The van der Waals surface area contributed by atoms with Gasteiger partial charge in [-0.3, -0.25) is 4.79 Å². The topological polar surface area (TPSA) is 39.0 Å². The summed E-state index contributed by atoms with van der Waals surface area (Å²) in [6.45, 7) is 3.02. The number of aromatic nitrogens is 3. The zero-order valence-electron chi connectivity index (χ0n) is 22.9. The molecule has 2 aromatic carbocycles. The van der Waals surface area contributed by atoms with Gasteiger partial charge >= 0.3 is 5.97 Å². The predicted octanol–water partition coefficient (Wildman–Crippen LogP) is 6.13. The van der Waals surface area contributed by atoms with Crippen LogP contribution in [-0.2, 0) is 30.2 Å². The van der Waals surface area contributed by atoms with Gasteiger partial charge in [-0.2, -0.15) is 0 Å². The van der Waals surface area contributed by atoms with Gasteiger partial charge in [0, 0.05) is 59.0 Å². The smallest absolute Gasteiger partial charge is 0.305 e. The monoisotopic (exact) mass is 517 g/mol. The van der Waals surface area contributed by atoms with Crippen molar-refractivity contribution in [3.63, 3.8) is 0 Å². The molecule has 0 aliphatic rings. The van der Waals surface area contributed by atoms with Crippen LogP contribution in [0.2, 0.25) is 0 Å². The predicted molar refractivity (Wildman–Crippen MR) is 158 cm³/mol. The van der Waals surface area contributed by atoms with Crippen LogP contribution in [0.1, 0.15) is 42.0 Å². The van der Waals surface area contributed by atoms with Gasteiger partial charge < -0.3 is 9.30 Å². The summed E-state index contributed by atoms with van der Waals surface area (Å²) in [6, 6.07) is 21.7. The second-order valence-corrected chi connectivity index (χ2v) is 9.87. The number of carbonyl (C=O) groups excluding carboxylic acids is 1. The molecule has 0 amide bonds. The van der Waals surface area contributed by atoms with Crippen molar-refractivity contribution >= 4 is 52.1 Å². The number of aryl methyl sites for hydroxylation is 3. The Kier molecular flexibility index (Phi) is 7.97. The number of nitrogens with zero attached hydrogens (tertiary/aromatic N) is 3. The number of rotatable bonds is 9. The fourth-order valence-corrected chi connectivity index (χ4v) is 4.83. The van der Waals surface area contributed by atoms with Crippen molar-refractivity contribution in [2.75, 3.05) is 6.61 Å². The Bertz CT molecular complexity index is 1550. The van der Waals surface area contributed by atoms with Crippen molar-refractivity contribution in [3.05, 3.63) is 108 Å². The first kappa shape index (κ1) is 26.1. The molecular formula is C34H35N3O2+2. The summed E-state index contributed by atoms with van der Waals surface area (Å²) in [5, 5.41) is 2.43. The summed E-state index contributed by atoms with van der Waals surface area (Å²) in [4.78, 5) is 12.0. The molecule has 0 aliphatic carbocycles. The molecule has 0 saturated heterocycles. The van der Waals surface area contributed by atoms with E-state index in [4.69, 9.17) is 4.74 Å². The van der Waals surface area contributed by atoms with Gasteiger partial charge in [0.25, 0.3) is 0 Å². The summed E-state index contributed by atoms with van der Waals surface area (Å²) in [5.41, 5.74) is 6.98. The SMILES string of the molecule is CCOC(=O)CCCn1c2ccc(/C=C/c3cc[n+](C)cc3)cc2c2cc(/C=C/c3cc[n+](C)cc3)ccc21. The molecule has 3 heterocycles. The summed E-state index contributed by atoms with van der Waals surface area (Å²) in [6.07, 6.45) is 18.0. The molecule has 0 saturated carbocycles. The minimum absolute atomic E-state index is 0.137. The summed E-state index contributed by atoms with van der Waals surface area (Å²) >= 11 is 0. The minimum Gasteiger partial charge on any atom is -0.466 e. The van der Waals surface area contributed by atoms with E-state index in [1.165, 1.54) is 21.8 Å². The third-order valence-corrected chi connectivity index (χ3v) is 6.93. The fraction of sp³-hybridized carbons (Fsp3) is 0.206. The second-order valence-electron chi connectivity index (χ2n) is 9.87. The molecule has 0 fully saturated rings. The maximum Gasteiger partial charge on any atom is 0.305 e. The van der Waals surface area contributed by atoms with Crippen molar-refractivity contribution in [2.45, 2.75) is 26.3 Å². The van der Waals surface area contributed by atoms with Crippen LogP contribution in [0.15, 0.2) is 85.5 Å². The fourth-order valence-electron chi connectivity index (χ4n) is 4.83. The Hall–Kier alpha value is -4.51. The van der Waals surface area contributed by atoms with E-state index in [1.807, 2.05) is 30.2 Å². The largest absolute Gasteiger partial charge is 0.466 e. The Balaban J connectivity index is 1.51. The van der Waals surface area contributed by atoms with Crippen molar-refractivity contribution in [2.24, 2.45) is 14.1 Å². The quantitative estimate of drug-likeness (QED) is 0.174. The van der Waals surface area contributed by atoms with E-state index in [-0.39, 0.29) is 5.97 Å². The van der Waals surface area contributed by atoms with Crippen LogP contribution in [0, 0.1) is 0 Å². The third-order valence-electron chi connectivity index (χ3n) is 6.93. The summed E-state index contributed by atoms with van der Waals surface area (Å²) in [5.74, 6) is -0.137. The van der Waals surface area contributed by atoms with E-state index >= 15 is 0 Å². The summed E-state index contributed by atoms with van der Waals surface area (Å²) in [7, 11) is 4.04. The van der Waals surface area contributed by atoms with Gasteiger partial charge in [0.15, 0.2) is 24.8 Å². The lowest BCUT2D eigenvalue weighted by molar-refractivity contribution is -0.671. The zero-order valence-corrected chi connectivity index (χ0v) is 22.9. The molecule has 0 radical (unpaired) electrons. The Morgan fingerprint density at radius 1 is 0.718 bits per heavy atom. The van der Waals surface area contributed by atoms with Gasteiger partial charge in [-0.15, -0.1) is 0 Å². The zero-order chi connectivity index (χ0) is 27.2. The Labute approximate surface area is 229 Å². The number of benzene rings is 2. The first-order valence-electron chi connectivity index (χ1n) is 13.5. The number of hydrogen-bond donors (Lipinski definition) is 0. The molecule has 0 aliphatic heterocycles. The molecule has 5 aromatic rings. The molecule has 3 aromatic heterocycles. The van der Waals surface area contributed by atoms with Gasteiger partial charge in [0.2, 0.25) is 0 Å². The molecule has 0 spiro atoms. The van der Waals surface area contributed by atoms with E-state index in [0.29, 0.717) is 13.0 Å². The molecule has 5 heteroatoms. The second kappa shape index (κ2) is 11.9. The van der Waals surface area contributed by atoms with Crippen molar-refractivity contribution in [1.29, 1.82) is 0 Å². The highest BCUT2D eigenvalue weighted by Crippen LogP contribution is 2.32. The van der Waals surface area contributed by atoms with Gasteiger partial charge in [-0.25, -0.2) is 9.13 Å². The molecule has 39 heavy (non-hydrogen) atoms. The van der Waals surface area contributed by atoms with E-state index < -0.39 is 0 Å². The first-order valence-corrected chi connectivity index (χ1v) is 13.5. The first-order chi connectivity index (χ1) is 19.0. The average Bonchev–Trinajstić information content (AvgIpc) is 3.25. The normalized spacial score (nSPS) is 11.8. The molecule has 196 valence electrons. The highest BCUT2D eigenvalue weighted by molar-refractivity contribution is 6.09. The minimum atomic E-state index is -0.137. The number of hydrogen-bond acceptors (Lipinski definition) is 2. The lowest BCUT2D eigenvalue weighted by Crippen LogP contribution is -2.25. The number of carbonyl (C=O) groups is 1. The number of pyridine rings is 2. The van der Waals surface area contributed by atoms with Crippen LogP contribution in [0.3, 0.4) is 0 Å². The number of ether oxygens (including phenoxy) is 1. The number of esters is 1. The standard InChI is InChI=1S/C34H35N3O2/c1-4-39-34(38)6-5-19-37-32-13-11-28(9-7-26-15-20-35(2)21-16-26)24-30(32)31-25-29(12-14-33(31)37)10-8-27-17-22-36(3)23-18-27/h7-18,20-25H,4-6,19H2,1-3H3/q+2. The van der Waals surface area contributed by atoms with Crippen LogP contribution in [0.25, 0.3) is 46.1 Å². The maximum absolute atomic E-state index is 12.0. The molecule has 0 bridgehead atoms. The Morgan fingerprint density at radius 2 is 1.18 bits per heavy atom. The molecule has 5 nitrogen and oxygen atoms in total. The van der Waals surface area contributed by atoms with E-state index in [0.717, 1.165) is 35.2 Å². The van der Waals surface area contributed by atoms with Crippen molar-refractivity contribution < 1.29 is 18.7 Å². The Morgan fingerprint density at radius 3 is 1.64 bits per heavy atom. The van der Waals surface area contributed by atoms with Gasteiger partial charge in [0.05, 0.1) is 6.61 Å². The van der Waals surface area contributed by atoms with Gasteiger partial charge in [0.1, 0.15) is 14.1 Å². The molecule has 0 unspecified atom stereocenters. The highest BCUT2D eigenvalue weighted by atomic mass is 16.5. The van der Waals surface area contributed by atoms with Crippen molar-refractivity contribution in [1.82, 2.24) is 4.57 Å². The molecule has 0 N–H and O–H groups in total. The van der Waals surface area contributed by atoms with Gasteiger partial charge in [-0.1, -0.05) is 36.4 Å². The molecular weight excluding hydrogens is 482 g/mol. The third kappa shape index (κ3) is 6.32. The van der Waals surface area contributed by atoms with Crippen LogP contribution >= 0.6 is 0 Å². The van der Waals surface area contributed by atoms with Crippen molar-refractivity contribution in [3.8, 4) is 0 Å².